The molecule has 3 aromatic rings. The topological polar surface area (TPSA) is 81.6 Å². The third kappa shape index (κ3) is 4.77. The highest BCUT2D eigenvalue weighted by atomic mass is 32.1. The zero-order valence-corrected chi connectivity index (χ0v) is 14.7. The lowest BCUT2D eigenvalue weighted by Gasteiger charge is -2.21. The van der Waals surface area contributed by atoms with Crippen LogP contribution in [0.5, 0.6) is 0 Å². The number of hydrogen-bond donors (Lipinski definition) is 0. The Morgan fingerprint density at radius 2 is 2.28 bits per heavy atom. The average molecular weight is 361 g/mol. The van der Waals surface area contributed by atoms with E-state index in [1.165, 1.54) is 0 Å². The van der Waals surface area contributed by atoms with Crippen molar-refractivity contribution in [2.45, 2.75) is 19.4 Å². The first-order valence-corrected chi connectivity index (χ1v) is 8.80. The summed E-state index contributed by atoms with van der Waals surface area (Å²) in [6.07, 6.45) is 2.29. The maximum absolute atomic E-state index is 12.5. The van der Waals surface area contributed by atoms with E-state index in [4.69, 9.17) is 13.7 Å². The van der Waals surface area contributed by atoms with Crippen LogP contribution in [0.2, 0.25) is 0 Å². The molecule has 0 spiro atoms. The van der Waals surface area contributed by atoms with E-state index in [1.807, 2.05) is 23.6 Å². The fourth-order valence-corrected chi connectivity index (χ4v) is 2.97. The van der Waals surface area contributed by atoms with E-state index in [0.29, 0.717) is 37.8 Å². The van der Waals surface area contributed by atoms with Crippen molar-refractivity contribution < 1.29 is 18.5 Å². The first-order valence-electron chi connectivity index (χ1n) is 7.92. The minimum Gasteiger partial charge on any atom is -0.467 e. The monoisotopic (exact) mass is 361 g/mol. The summed E-state index contributed by atoms with van der Waals surface area (Å²) in [4.78, 5) is 19.5. The van der Waals surface area contributed by atoms with Crippen LogP contribution in [0.1, 0.15) is 18.1 Å². The molecule has 0 saturated heterocycles. The lowest BCUT2D eigenvalue weighted by Crippen LogP contribution is -2.33. The third-order valence-electron chi connectivity index (χ3n) is 3.61. The molecule has 7 nitrogen and oxygen atoms in total. The van der Waals surface area contributed by atoms with Gasteiger partial charge in [0, 0.05) is 26.5 Å². The van der Waals surface area contributed by atoms with E-state index in [-0.39, 0.29) is 12.3 Å². The van der Waals surface area contributed by atoms with Crippen molar-refractivity contribution in [3.63, 3.8) is 0 Å². The minimum absolute atomic E-state index is 0.00989. The Morgan fingerprint density at radius 1 is 1.36 bits per heavy atom. The van der Waals surface area contributed by atoms with E-state index < -0.39 is 0 Å². The molecule has 0 aromatic carbocycles. The second-order valence-corrected chi connectivity index (χ2v) is 6.32. The number of methoxy groups -OCH3 is 1. The van der Waals surface area contributed by atoms with Crippen LogP contribution in [0.3, 0.4) is 0 Å². The van der Waals surface area contributed by atoms with Gasteiger partial charge in [0.05, 0.1) is 24.3 Å². The first kappa shape index (κ1) is 17.4. The van der Waals surface area contributed by atoms with Crippen LogP contribution in [0.25, 0.3) is 10.7 Å². The predicted octanol–water partition coefficient (Wildman–Crippen LogP) is 3.00. The number of aryl methyl sites for hydroxylation is 1. The van der Waals surface area contributed by atoms with Gasteiger partial charge in [0.15, 0.2) is 0 Å². The predicted molar refractivity (Wildman–Crippen MR) is 91.9 cm³/mol. The van der Waals surface area contributed by atoms with Crippen LogP contribution >= 0.6 is 11.3 Å². The second kappa shape index (κ2) is 8.59. The molecule has 1 amide bonds. The van der Waals surface area contributed by atoms with Gasteiger partial charge in [0.2, 0.25) is 17.6 Å². The molecule has 3 aromatic heterocycles. The summed E-state index contributed by atoms with van der Waals surface area (Å²) in [5.74, 6) is 1.75. The molecule has 0 bridgehead atoms. The van der Waals surface area contributed by atoms with Gasteiger partial charge in [0.1, 0.15) is 5.76 Å². The second-order valence-electron chi connectivity index (χ2n) is 5.38. The molecule has 8 heteroatoms. The summed E-state index contributed by atoms with van der Waals surface area (Å²) in [6, 6.07) is 7.51. The lowest BCUT2D eigenvalue weighted by molar-refractivity contribution is -0.132. The van der Waals surface area contributed by atoms with Crippen molar-refractivity contribution in [1.29, 1.82) is 0 Å². The highest BCUT2D eigenvalue weighted by Crippen LogP contribution is 2.21. The Bertz CT molecular complexity index is 768. The molecule has 132 valence electrons. The highest BCUT2D eigenvalue weighted by molar-refractivity contribution is 7.13. The number of rotatable bonds is 9. The van der Waals surface area contributed by atoms with Crippen LogP contribution in [0, 0.1) is 0 Å². The largest absolute Gasteiger partial charge is 0.467 e. The van der Waals surface area contributed by atoms with Crippen molar-refractivity contribution in [1.82, 2.24) is 15.0 Å². The quantitative estimate of drug-likeness (QED) is 0.583. The average Bonchev–Trinajstić information content (AvgIpc) is 3.38. The van der Waals surface area contributed by atoms with E-state index in [9.17, 15) is 4.79 Å². The van der Waals surface area contributed by atoms with E-state index >= 15 is 0 Å². The number of thiophene rings is 1. The molecule has 0 aliphatic heterocycles. The minimum atomic E-state index is -0.00989. The third-order valence-corrected chi connectivity index (χ3v) is 4.47. The van der Waals surface area contributed by atoms with Crippen LogP contribution in [0.15, 0.2) is 44.8 Å². The molecular weight excluding hydrogens is 342 g/mol. The Labute approximate surface area is 149 Å². The van der Waals surface area contributed by atoms with Crippen molar-refractivity contribution >= 4 is 17.2 Å². The number of aromatic nitrogens is 2. The van der Waals surface area contributed by atoms with Crippen molar-refractivity contribution in [2.24, 2.45) is 0 Å². The number of nitrogens with zero attached hydrogens (tertiary/aromatic N) is 3. The fraction of sp³-hybridized carbons (Fsp3) is 0.353. The Morgan fingerprint density at radius 3 is 3.00 bits per heavy atom. The molecule has 0 N–H and O–H groups in total. The molecule has 0 saturated carbocycles. The van der Waals surface area contributed by atoms with E-state index in [1.54, 1.807) is 35.7 Å². The number of furan rings is 1. The molecule has 25 heavy (non-hydrogen) atoms. The van der Waals surface area contributed by atoms with Gasteiger partial charge in [-0.15, -0.1) is 11.3 Å². The van der Waals surface area contributed by atoms with E-state index in [2.05, 4.69) is 10.1 Å². The zero-order chi connectivity index (χ0) is 17.5. The van der Waals surface area contributed by atoms with Gasteiger partial charge in [-0.1, -0.05) is 11.2 Å². The molecule has 0 unspecified atom stereocenters. The lowest BCUT2D eigenvalue weighted by atomic mass is 10.2. The van der Waals surface area contributed by atoms with Crippen molar-refractivity contribution in [3.8, 4) is 10.7 Å². The summed E-state index contributed by atoms with van der Waals surface area (Å²) in [6.45, 7) is 1.38. The van der Waals surface area contributed by atoms with Crippen LogP contribution in [0.4, 0.5) is 0 Å². The number of ether oxygens (including phenoxy) is 1. The maximum atomic E-state index is 12.5. The summed E-state index contributed by atoms with van der Waals surface area (Å²) >= 11 is 1.55. The summed E-state index contributed by atoms with van der Waals surface area (Å²) in [5.41, 5.74) is 0. The molecule has 0 aliphatic rings. The zero-order valence-electron chi connectivity index (χ0n) is 13.9. The van der Waals surface area contributed by atoms with Gasteiger partial charge in [-0.25, -0.2) is 0 Å². The summed E-state index contributed by atoms with van der Waals surface area (Å²) in [7, 11) is 1.61. The first-order chi connectivity index (χ1) is 12.3. The van der Waals surface area contributed by atoms with Crippen molar-refractivity contribution in [2.75, 3.05) is 20.3 Å². The standard InChI is InChI=1S/C17H19N3O4S/c1-22-10-8-20(12-13-4-2-9-23-13)16(21)7-6-15-18-17(19-24-15)14-5-3-11-25-14/h2-5,9,11H,6-8,10,12H2,1H3. The Hall–Kier alpha value is -2.45. The molecule has 3 heterocycles. The van der Waals surface area contributed by atoms with Gasteiger partial charge in [0.25, 0.3) is 0 Å². The molecular formula is C17H19N3O4S. The van der Waals surface area contributed by atoms with Crippen molar-refractivity contribution in [3.05, 3.63) is 47.6 Å². The number of hydrogen-bond acceptors (Lipinski definition) is 7. The maximum Gasteiger partial charge on any atom is 0.227 e. The molecule has 0 fully saturated rings. The van der Waals surface area contributed by atoms with Crippen LogP contribution < -0.4 is 0 Å². The highest BCUT2D eigenvalue weighted by Gasteiger charge is 2.17. The molecule has 3 rings (SSSR count). The van der Waals surface area contributed by atoms with Gasteiger partial charge >= 0.3 is 0 Å². The van der Waals surface area contributed by atoms with Gasteiger partial charge < -0.3 is 18.6 Å². The van der Waals surface area contributed by atoms with E-state index in [0.717, 1.165) is 10.6 Å². The summed E-state index contributed by atoms with van der Waals surface area (Å²) in [5, 5.41) is 5.91. The van der Waals surface area contributed by atoms with Crippen LogP contribution in [-0.4, -0.2) is 41.2 Å². The van der Waals surface area contributed by atoms with Gasteiger partial charge in [-0.2, -0.15) is 4.98 Å². The summed E-state index contributed by atoms with van der Waals surface area (Å²) < 4.78 is 15.6. The molecule has 0 atom stereocenters. The number of carbonyl (C=O) groups excluding carboxylic acids is 1. The number of amides is 1. The normalized spacial score (nSPS) is 10.9. The van der Waals surface area contributed by atoms with Gasteiger partial charge in [-0.05, 0) is 23.6 Å². The molecule has 0 aliphatic carbocycles. The molecule has 0 radical (unpaired) electrons. The smallest absolute Gasteiger partial charge is 0.227 e. The Balaban J connectivity index is 1.57. The Kier molecular flexibility index (Phi) is 5.97. The fourth-order valence-electron chi connectivity index (χ4n) is 2.32. The van der Waals surface area contributed by atoms with Gasteiger partial charge in [-0.3, -0.25) is 4.79 Å². The number of carbonyl (C=O) groups is 1. The SMILES string of the molecule is COCCN(Cc1ccco1)C(=O)CCc1nc(-c2cccs2)no1. The van der Waals surface area contributed by atoms with Crippen LogP contribution in [-0.2, 0) is 22.5 Å².